The summed E-state index contributed by atoms with van der Waals surface area (Å²) in [5, 5.41) is 17.4. The van der Waals surface area contributed by atoms with Crippen LogP contribution in [0.2, 0.25) is 0 Å². The van der Waals surface area contributed by atoms with Crippen LogP contribution in [0.5, 0.6) is 5.88 Å². The zero-order valence-corrected chi connectivity index (χ0v) is 20.8. The van der Waals surface area contributed by atoms with E-state index < -0.39 is 0 Å². The summed E-state index contributed by atoms with van der Waals surface area (Å²) in [6.45, 7) is 5.99. The van der Waals surface area contributed by atoms with Gasteiger partial charge in [0.05, 0.1) is 16.7 Å². The number of aromatic nitrogens is 1. The van der Waals surface area contributed by atoms with Crippen molar-refractivity contribution in [2.24, 2.45) is 4.99 Å². The molecule has 4 heteroatoms. The van der Waals surface area contributed by atoms with Gasteiger partial charge >= 0.3 is 0 Å². The minimum atomic E-state index is -0.224. The molecule has 6 aromatic rings. The van der Waals surface area contributed by atoms with Gasteiger partial charge in [-0.05, 0) is 60.7 Å². The topological polar surface area (TPSA) is 54.6 Å². The average molecular weight is 481 g/mol. The third kappa shape index (κ3) is 2.96. The number of aryl methyl sites for hydroxylation is 3. The van der Waals surface area contributed by atoms with Gasteiger partial charge in [0.1, 0.15) is 0 Å². The van der Waals surface area contributed by atoms with Crippen molar-refractivity contribution >= 4 is 27.2 Å². The van der Waals surface area contributed by atoms with Crippen LogP contribution in [0, 0.1) is 31.2 Å². The summed E-state index contributed by atoms with van der Waals surface area (Å²) in [6, 6.07) is 28.3. The van der Waals surface area contributed by atoms with Crippen LogP contribution >= 0.6 is 0 Å². The number of benzene rings is 5. The van der Waals surface area contributed by atoms with E-state index >= 15 is 0 Å². The summed E-state index contributed by atoms with van der Waals surface area (Å²) >= 11 is 0. The number of hydrogen-bond donors (Lipinski definition) is 1. The van der Waals surface area contributed by atoms with Crippen molar-refractivity contribution in [3.05, 3.63) is 128 Å². The quantitative estimate of drug-likeness (QED) is 0.284. The molecule has 1 aliphatic rings. The first-order valence-corrected chi connectivity index (χ1v) is 12.4. The highest BCUT2D eigenvalue weighted by atomic mass is 16.3. The van der Waals surface area contributed by atoms with Gasteiger partial charge in [-0.1, -0.05) is 72.3 Å². The van der Waals surface area contributed by atoms with E-state index in [-0.39, 0.29) is 11.4 Å². The first-order chi connectivity index (χ1) is 17.9. The zero-order chi connectivity index (χ0) is 25.4. The number of nitrogens with zero attached hydrogens (tertiary/aromatic N) is 2. The Kier molecular flexibility index (Phi) is 4.46. The fourth-order valence-corrected chi connectivity index (χ4v) is 6.09. The molecule has 1 aromatic heterocycles. The highest BCUT2D eigenvalue weighted by Gasteiger charge is 2.20. The second kappa shape index (κ2) is 7.65. The van der Waals surface area contributed by atoms with Gasteiger partial charge in [0.25, 0.3) is 5.56 Å². The third-order valence-corrected chi connectivity index (χ3v) is 7.54. The van der Waals surface area contributed by atoms with Gasteiger partial charge < -0.3 is 5.11 Å². The second-order valence-electron chi connectivity index (χ2n) is 9.93. The maximum Gasteiger partial charge on any atom is 0.265 e. The molecule has 0 atom stereocenters. The van der Waals surface area contributed by atoms with E-state index in [4.69, 9.17) is 4.99 Å². The van der Waals surface area contributed by atoms with Gasteiger partial charge in [-0.25, -0.2) is 9.56 Å². The zero-order valence-electron chi connectivity index (χ0n) is 20.8. The van der Waals surface area contributed by atoms with Crippen LogP contribution in [0.3, 0.4) is 0 Å². The number of hydrogen-bond acceptors (Lipinski definition) is 3. The van der Waals surface area contributed by atoms with E-state index in [1.165, 1.54) is 4.57 Å². The lowest BCUT2D eigenvalue weighted by molar-refractivity contribution is 0.443. The maximum absolute atomic E-state index is 13.9. The molecule has 5 aromatic carbocycles. The van der Waals surface area contributed by atoms with Gasteiger partial charge in [-0.15, -0.1) is 0 Å². The Labute approximate surface area is 213 Å². The molecule has 0 amide bonds. The molecule has 37 heavy (non-hydrogen) atoms. The van der Waals surface area contributed by atoms with Gasteiger partial charge in [0.2, 0.25) is 5.88 Å². The Morgan fingerprint density at radius 2 is 1.41 bits per heavy atom. The summed E-state index contributed by atoms with van der Waals surface area (Å²) in [5.41, 5.74) is 6.73. The fraction of sp³-hybridized carbons (Fsp3) is 0.0909. The SMILES string of the molecule is Cc1cc(C)c(-n2c(O)c3cccc4c(=c5cccc6c5=Nc5ccccc5-6)ccc(c2=O)c34)c(C)c1. The smallest absolute Gasteiger partial charge is 0.265 e. The first-order valence-electron chi connectivity index (χ1n) is 12.4. The molecule has 0 fully saturated rings. The standard InChI is InChI=1S/C33H24N2O2/c1-18-16-19(2)31(20(3)17-18)35-32(36)26-12-6-9-23-21(14-15-27(29(23)26)33(35)37)24-10-7-11-25-22-8-4-5-13-28(22)34-30(24)25/h4-17,36H,1-3H3. The summed E-state index contributed by atoms with van der Waals surface area (Å²) in [4.78, 5) is 18.9. The lowest BCUT2D eigenvalue weighted by atomic mass is 9.97. The largest absolute Gasteiger partial charge is 0.494 e. The van der Waals surface area contributed by atoms with Crippen LogP contribution in [0.1, 0.15) is 16.7 Å². The van der Waals surface area contributed by atoms with Crippen molar-refractivity contribution in [2.45, 2.75) is 20.8 Å². The summed E-state index contributed by atoms with van der Waals surface area (Å²) in [7, 11) is 0. The molecule has 1 N–H and O–H groups in total. The molecule has 0 saturated heterocycles. The first kappa shape index (κ1) is 21.6. The van der Waals surface area contributed by atoms with Crippen LogP contribution in [-0.2, 0) is 0 Å². The monoisotopic (exact) mass is 480 g/mol. The Morgan fingerprint density at radius 3 is 2.22 bits per heavy atom. The highest BCUT2D eigenvalue weighted by Crippen LogP contribution is 2.35. The number of fused-ring (bicyclic) bond motifs is 3. The normalized spacial score (nSPS) is 13.1. The van der Waals surface area contributed by atoms with Gasteiger partial charge in [-0.2, -0.15) is 0 Å². The minimum Gasteiger partial charge on any atom is -0.494 e. The Balaban J connectivity index is 1.65. The molecule has 2 heterocycles. The van der Waals surface area contributed by atoms with E-state index in [1.807, 2.05) is 81.4 Å². The lowest BCUT2D eigenvalue weighted by Crippen LogP contribution is -2.21. The van der Waals surface area contributed by atoms with Crippen molar-refractivity contribution in [1.82, 2.24) is 4.57 Å². The maximum atomic E-state index is 13.9. The molecule has 1 aliphatic heterocycles. The second-order valence-corrected chi connectivity index (χ2v) is 9.93. The lowest BCUT2D eigenvalue weighted by Gasteiger charge is -2.18. The Morgan fingerprint density at radius 1 is 0.703 bits per heavy atom. The van der Waals surface area contributed by atoms with Crippen LogP contribution in [0.25, 0.3) is 38.4 Å². The van der Waals surface area contributed by atoms with E-state index in [1.54, 1.807) is 0 Å². The van der Waals surface area contributed by atoms with Crippen LogP contribution in [0.15, 0.2) is 94.7 Å². The van der Waals surface area contributed by atoms with Crippen molar-refractivity contribution in [3.63, 3.8) is 0 Å². The molecule has 0 spiro atoms. The predicted octanol–water partition coefficient (Wildman–Crippen LogP) is 6.71. The van der Waals surface area contributed by atoms with Crippen molar-refractivity contribution in [1.29, 1.82) is 0 Å². The molecule has 0 bridgehead atoms. The van der Waals surface area contributed by atoms with Gasteiger partial charge in [0, 0.05) is 32.5 Å². The number of para-hydroxylation sites is 2. The van der Waals surface area contributed by atoms with Crippen LogP contribution in [0.4, 0.5) is 5.69 Å². The van der Waals surface area contributed by atoms with Crippen molar-refractivity contribution in [2.75, 3.05) is 0 Å². The Bertz CT molecular complexity index is 2130. The van der Waals surface area contributed by atoms with E-state index in [0.29, 0.717) is 10.8 Å². The average Bonchev–Trinajstić information content (AvgIpc) is 3.27. The number of aromatic hydroxyl groups is 1. The fourth-order valence-electron chi connectivity index (χ4n) is 6.09. The molecule has 178 valence electrons. The van der Waals surface area contributed by atoms with Gasteiger partial charge in [-0.3, -0.25) is 4.79 Å². The molecular formula is C33H24N2O2. The highest BCUT2D eigenvalue weighted by molar-refractivity contribution is 6.11. The summed E-state index contributed by atoms with van der Waals surface area (Å²) in [6.07, 6.45) is 0. The molecule has 7 rings (SSSR count). The van der Waals surface area contributed by atoms with Crippen LogP contribution in [-0.4, -0.2) is 9.67 Å². The van der Waals surface area contributed by atoms with Gasteiger partial charge in [0.15, 0.2) is 0 Å². The van der Waals surface area contributed by atoms with Crippen molar-refractivity contribution < 1.29 is 5.11 Å². The van der Waals surface area contributed by atoms with Crippen LogP contribution < -0.4 is 10.9 Å². The third-order valence-electron chi connectivity index (χ3n) is 7.54. The van der Waals surface area contributed by atoms with E-state index in [9.17, 15) is 9.90 Å². The minimum absolute atomic E-state index is 0.0364. The van der Waals surface area contributed by atoms with E-state index in [0.717, 1.165) is 65.8 Å². The number of pyridine rings is 1. The molecule has 0 radical (unpaired) electrons. The molecule has 0 unspecified atom stereocenters. The summed E-state index contributed by atoms with van der Waals surface area (Å²) < 4.78 is 1.47. The number of rotatable bonds is 1. The molecule has 0 saturated carbocycles. The molecular weight excluding hydrogens is 456 g/mol. The molecule has 4 nitrogen and oxygen atoms in total. The predicted molar refractivity (Wildman–Crippen MR) is 149 cm³/mol. The molecule has 0 aliphatic carbocycles. The summed E-state index contributed by atoms with van der Waals surface area (Å²) in [5.74, 6) is -0.0364. The Hall–Kier alpha value is -4.70. The van der Waals surface area contributed by atoms with E-state index in [2.05, 4.69) is 24.3 Å². The van der Waals surface area contributed by atoms with Crippen molar-refractivity contribution in [3.8, 4) is 22.7 Å².